The molecule has 5 nitrogen and oxygen atoms in total. The number of para-hydroxylation sites is 1. The third kappa shape index (κ3) is 3.66. The van der Waals surface area contributed by atoms with Gasteiger partial charge in [-0.05, 0) is 67.8 Å². The highest BCUT2D eigenvalue weighted by molar-refractivity contribution is 5.93. The maximum Gasteiger partial charge on any atom is 0.338 e. The largest absolute Gasteiger partial charge is 0.462 e. The van der Waals surface area contributed by atoms with Crippen molar-refractivity contribution in [3.63, 3.8) is 0 Å². The molecule has 1 N–H and O–H groups in total. The zero-order valence-corrected chi connectivity index (χ0v) is 17.2. The second-order valence-electron chi connectivity index (χ2n) is 7.36. The van der Waals surface area contributed by atoms with Gasteiger partial charge in [0, 0.05) is 11.4 Å². The number of benzene rings is 3. The first-order chi connectivity index (χ1) is 14.5. The summed E-state index contributed by atoms with van der Waals surface area (Å²) in [6.45, 7) is 5.88. The molecule has 1 heterocycles. The van der Waals surface area contributed by atoms with Crippen LogP contribution in [0.4, 0.5) is 11.4 Å². The fourth-order valence-electron chi connectivity index (χ4n) is 3.74. The fourth-order valence-corrected chi connectivity index (χ4v) is 3.74. The Morgan fingerprint density at radius 3 is 2.47 bits per heavy atom. The molecule has 30 heavy (non-hydrogen) atoms. The molecule has 1 aliphatic rings. The van der Waals surface area contributed by atoms with Gasteiger partial charge in [-0.1, -0.05) is 35.9 Å². The molecule has 1 atom stereocenters. The number of hydrogen-bond donors (Lipinski definition) is 1. The van der Waals surface area contributed by atoms with Crippen molar-refractivity contribution in [1.82, 2.24) is 0 Å². The summed E-state index contributed by atoms with van der Waals surface area (Å²) in [6.07, 6.45) is 0. The molecule has 0 radical (unpaired) electrons. The van der Waals surface area contributed by atoms with Crippen LogP contribution in [0.5, 0.6) is 5.75 Å². The molecular weight excluding hydrogens is 378 g/mol. The first-order valence-electron chi connectivity index (χ1n) is 9.94. The number of esters is 2. The van der Waals surface area contributed by atoms with Gasteiger partial charge in [-0.15, -0.1) is 0 Å². The number of carbonyl (C=O) groups is 2. The minimum Gasteiger partial charge on any atom is -0.462 e. The van der Waals surface area contributed by atoms with E-state index in [1.165, 1.54) is 0 Å². The van der Waals surface area contributed by atoms with Crippen LogP contribution in [0.3, 0.4) is 0 Å². The van der Waals surface area contributed by atoms with Crippen LogP contribution in [0.2, 0.25) is 0 Å². The molecule has 5 heteroatoms. The zero-order valence-electron chi connectivity index (χ0n) is 17.2. The standard InChI is InChI=1S/C25H23NO4/c1-4-29-24(27)17-10-12-22(16(3)14-17)30-25(28)23-18-7-5-6-8-20(18)26-21-11-9-15(2)13-19(21)23/h5-14,23,26H,4H2,1-3H3. The second-order valence-corrected chi connectivity index (χ2v) is 7.36. The van der Waals surface area contributed by atoms with Crippen molar-refractivity contribution in [3.8, 4) is 5.75 Å². The van der Waals surface area contributed by atoms with E-state index < -0.39 is 11.9 Å². The Morgan fingerprint density at radius 2 is 1.70 bits per heavy atom. The van der Waals surface area contributed by atoms with E-state index in [2.05, 4.69) is 5.32 Å². The van der Waals surface area contributed by atoms with E-state index in [4.69, 9.17) is 9.47 Å². The van der Waals surface area contributed by atoms with E-state index in [-0.39, 0.29) is 5.97 Å². The molecule has 4 rings (SSSR count). The van der Waals surface area contributed by atoms with Gasteiger partial charge in [0.1, 0.15) is 11.7 Å². The van der Waals surface area contributed by atoms with Gasteiger partial charge in [-0.3, -0.25) is 4.79 Å². The van der Waals surface area contributed by atoms with E-state index in [9.17, 15) is 9.59 Å². The lowest BCUT2D eigenvalue weighted by Gasteiger charge is -2.28. The summed E-state index contributed by atoms with van der Waals surface area (Å²) >= 11 is 0. The van der Waals surface area contributed by atoms with Gasteiger partial charge in [-0.25, -0.2) is 4.79 Å². The van der Waals surface area contributed by atoms with Crippen molar-refractivity contribution in [3.05, 3.63) is 88.5 Å². The minimum atomic E-state index is -0.540. The van der Waals surface area contributed by atoms with E-state index >= 15 is 0 Å². The number of aryl methyl sites for hydroxylation is 2. The number of anilines is 2. The maximum atomic E-state index is 13.3. The summed E-state index contributed by atoms with van der Waals surface area (Å²) in [5.74, 6) is -0.863. The van der Waals surface area contributed by atoms with Crippen molar-refractivity contribution in [1.29, 1.82) is 0 Å². The van der Waals surface area contributed by atoms with E-state index in [1.54, 1.807) is 32.0 Å². The van der Waals surface area contributed by atoms with Gasteiger partial charge in [0.15, 0.2) is 0 Å². The van der Waals surface area contributed by atoms with Crippen LogP contribution in [0.25, 0.3) is 0 Å². The minimum absolute atomic E-state index is 0.308. The average Bonchev–Trinajstić information content (AvgIpc) is 2.73. The Kier molecular flexibility index (Phi) is 5.27. The maximum absolute atomic E-state index is 13.3. The summed E-state index contributed by atoms with van der Waals surface area (Å²) < 4.78 is 10.8. The molecule has 3 aromatic carbocycles. The smallest absolute Gasteiger partial charge is 0.338 e. The van der Waals surface area contributed by atoms with Gasteiger partial charge in [0.05, 0.1) is 12.2 Å². The molecule has 3 aromatic rings. The highest BCUT2D eigenvalue weighted by atomic mass is 16.5. The Bertz CT molecular complexity index is 1140. The first-order valence-corrected chi connectivity index (χ1v) is 9.94. The summed E-state index contributed by atoms with van der Waals surface area (Å²) in [5, 5.41) is 3.40. The molecule has 0 aromatic heterocycles. The molecule has 152 valence electrons. The highest BCUT2D eigenvalue weighted by Gasteiger charge is 2.33. The third-order valence-electron chi connectivity index (χ3n) is 5.19. The summed E-state index contributed by atoms with van der Waals surface area (Å²) in [4.78, 5) is 25.3. The first kappa shape index (κ1) is 19.7. The van der Waals surface area contributed by atoms with Gasteiger partial charge in [0.2, 0.25) is 0 Å². The monoisotopic (exact) mass is 401 g/mol. The van der Waals surface area contributed by atoms with Crippen molar-refractivity contribution >= 4 is 23.3 Å². The molecule has 1 aliphatic heterocycles. The fraction of sp³-hybridized carbons (Fsp3) is 0.200. The molecule has 0 aliphatic carbocycles. The summed E-state index contributed by atoms with van der Waals surface area (Å²) in [6, 6.07) is 18.7. The Hall–Kier alpha value is -3.60. The van der Waals surface area contributed by atoms with Crippen LogP contribution in [0.15, 0.2) is 60.7 Å². The normalized spacial score (nSPS) is 14.2. The third-order valence-corrected chi connectivity index (χ3v) is 5.19. The predicted molar refractivity (Wildman–Crippen MR) is 116 cm³/mol. The van der Waals surface area contributed by atoms with Gasteiger partial charge in [-0.2, -0.15) is 0 Å². The lowest BCUT2D eigenvalue weighted by atomic mass is 9.85. The molecule has 0 saturated carbocycles. The average molecular weight is 401 g/mol. The van der Waals surface area contributed by atoms with Crippen LogP contribution in [-0.4, -0.2) is 18.5 Å². The Balaban J connectivity index is 1.67. The quantitative estimate of drug-likeness (QED) is 0.476. The van der Waals surface area contributed by atoms with Crippen LogP contribution < -0.4 is 10.1 Å². The Labute approximate surface area is 175 Å². The highest BCUT2D eigenvalue weighted by Crippen LogP contribution is 2.42. The van der Waals surface area contributed by atoms with Gasteiger partial charge in [0.25, 0.3) is 0 Å². The SMILES string of the molecule is CCOC(=O)c1ccc(OC(=O)C2c3ccccc3Nc3ccc(C)cc32)c(C)c1. The number of fused-ring (bicyclic) bond motifs is 2. The molecule has 1 unspecified atom stereocenters. The van der Waals surface area contributed by atoms with Crippen LogP contribution in [0, 0.1) is 13.8 Å². The topological polar surface area (TPSA) is 64.6 Å². The van der Waals surface area contributed by atoms with E-state index in [0.29, 0.717) is 23.5 Å². The molecule has 0 saturated heterocycles. The Morgan fingerprint density at radius 1 is 0.933 bits per heavy atom. The van der Waals surface area contributed by atoms with Crippen LogP contribution in [-0.2, 0) is 9.53 Å². The number of hydrogen-bond acceptors (Lipinski definition) is 5. The molecule has 0 amide bonds. The van der Waals surface area contributed by atoms with E-state index in [0.717, 1.165) is 28.1 Å². The van der Waals surface area contributed by atoms with Crippen LogP contribution in [0.1, 0.15) is 45.5 Å². The van der Waals surface area contributed by atoms with Crippen molar-refractivity contribution in [2.24, 2.45) is 0 Å². The second kappa shape index (κ2) is 8.03. The molecule has 0 fully saturated rings. The van der Waals surface area contributed by atoms with E-state index in [1.807, 2.05) is 49.4 Å². The lowest BCUT2D eigenvalue weighted by Crippen LogP contribution is -2.25. The van der Waals surface area contributed by atoms with Crippen molar-refractivity contribution in [2.75, 3.05) is 11.9 Å². The van der Waals surface area contributed by atoms with Crippen molar-refractivity contribution in [2.45, 2.75) is 26.7 Å². The van der Waals surface area contributed by atoms with Crippen LogP contribution >= 0.6 is 0 Å². The number of carbonyl (C=O) groups excluding carboxylic acids is 2. The molecular formula is C25H23NO4. The molecule has 0 spiro atoms. The lowest BCUT2D eigenvalue weighted by molar-refractivity contribution is -0.135. The zero-order chi connectivity index (χ0) is 21.3. The van der Waals surface area contributed by atoms with Crippen molar-refractivity contribution < 1.29 is 19.1 Å². The summed E-state index contributed by atoms with van der Waals surface area (Å²) in [5.41, 5.74) is 5.76. The number of nitrogens with one attached hydrogen (secondary N) is 1. The van der Waals surface area contributed by atoms with Gasteiger partial charge < -0.3 is 14.8 Å². The number of ether oxygens (including phenoxy) is 2. The molecule has 0 bridgehead atoms. The number of rotatable bonds is 4. The summed E-state index contributed by atoms with van der Waals surface area (Å²) in [7, 11) is 0. The predicted octanol–water partition coefficient (Wildman–Crippen LogP) is 5.27. The van der Waals surface area contributed by atoms with Gasteiger partial charge >= 0.3 is 11.9 Å².